The van der Waals surface area contributed by atoms with Crippen LogP contribution in [-0.2, 0) is 4.74 Å². The van der Waals surface area contributed by atoms with Gasteiger partial charge in [-0.15, -0.1) is 0 Å². The molecule has 0 aromatic rings. The van der Waals surface area contributed by atoms with E-state index in [0.717, 1.165) is 12.8 Å². The van der Waals surface area contributed by atoms with E-state index in [-0.39, 0.29) is 0 Å². The molecule has 0 amide bonds. The third-order valence-electron chi connectivity index (χ3n) is 1.29. The Bertz CT molecular complexity index is 76.6. The van der Waals surface area contributed by atoms with Crippen LogP contribution in [0.1, 0.15) is 32.6 Å². The van der Waals surface area contributed by atoms with Gasteiger partial charge in [-0.1, -0.05) is 19.8 Å². The van der Waals surface area contributed by atoms with E-state index in [9.17, 15) is 0 Å². The molecule has 53 valence electrons. The van der Waals surface area contributed by atoms with Gasteiger partial charge in [-0.05, 0) is 13.0 Å². The SMILES string of the molecule is [CH]=C(CCCCC)OC. The molecule has 0 N–H and O–H groups in total. The molecule has 0 fully saturated rings. The highest BCUT2D eigenvalue weighted by Gasteiger charge is 1.90. The first-order chi connectivity index (χ1) is 4.31. The summed E-state index contributed by atoms with van der Waals surface area (Å²) in [7, 11) is 1.61. The first-order valence-electron chi connectivity index (χ1n) is 3.46. The van der Waals surface area contributed by atoms with Crippen molar-refractivity contribution in [3.05, 3.63) is 12.3 Å². The molecule has 0 aliphatic heterocycles. The fourth-order valence-electron chi connectivity index (χ4n) is 0.651. The number of rotatable bonds is 5. The second-order valence-electron chi connectivity index (χ2n) is 2.13. The van der Waals surface area contributed by atoms with Crippen LogP contribution in [0.2, 0.25) is 0 Å². The Labute approximate surface area is 57.7 Å². The average molecular weight is 127 g/mol. The van der Waals surface area contributed by atoms with Crippen molar-refractivity contribution in [1.82, 2.24) is 0 Å². The lowest BCUT2D eigenvalue weighted by Crippen LogP contribution is -1.84. The predicted molar refractivity (Wildman–Crippen MR) is 39.0 cm³/mol. The Morgan fingerprint density at radius 1 is 1.44 bits per heavy atom. The lowest BCUT2D eigenvalue weighted by Gasteiger charge is -2.00. The van der Waals surface area contributed by atoms with Gasteiger partial charge in [0.15, 0.2) is 0 Å². The van der Waals surface area contributed by atoms with Crippen LogP contribution in [0.4, 0.5) is 0 Å². The standard InChI is InChI=1S/C8H15O/c1-4-5-6-7-8(2)9-3/h2H,4-7H2,1,3H3. The summed E-state index contributed by atoms with van der Waals surface area (Å²) < 4.78 is 4.79. The van der Waals surface area contributed by atoms with Crippen molar-refractivity contribution in [1.29, 1.82) is 0 Å². The largest absolute Gasteiger partial charge is 0.501 e. The minimum Gasteiger partial charge on any atom is -0.501 e. The molecule has 0 saturated carbocycles. The smallest absolute Gasteiger partial charge is 0.0956 e. The molecule has 0 unspecified atom stereocenters. The highest BCUT2D eigenvalue weighted by Crippen LogP contribution is 2.05. The van der Waals surface area contributed by atoms with Crippen LogP contribution in [0.3, 0.4) is 0 Å². The van der Waals surface area contributed by atoms with Gasteiger partial charge >= 0.3 is 0 Å². The van der Waals surface area contributed by atoms with E-state index in [1.807, 2.05) is 0 Å². The molecule has 0 aliphatic rings. The number of hydrogen-bond donors (Lipinski definition) is 0. The molecular formula is C8H15O. The fraction of sp³-hybridized carbons (Fsp3) is 0.750. The molecule has 0 aliphatic carbocycles. The van der Waals surface area contributed by atoms with Crippen molar-refractivity contribution >= 4 is 0 Å². The van der Waals surface area contributed by atoms with E-state index in [0.29, 0.717) is 5.76 Å². The topological polar surface area (TPSA) is 9.23 Å². The van der Waals surface area contributed by atoms with E-state index in [4.69, 9.17) is 11.3 Å². The Morgan fingerprint density at radius 2 is 2.11 bits per heavy atom. The lowest BCUT2D eigenvalue weighted by atomic mass is 10.2. The van der Waals surface area contributed by atoms with Crippen LogP contribution in [0.25, 0.3) is 0 Å². The fourth-order valence-corrected chi connectivity index (χ4v) is 0.651. The zero-order chi connectivity index (χ0) is 7.11. The Balaban J connectivity index is 2.97. The number of methoxy groups -OCH3 is 1. The molecule has 1 radical (unpaired) electrons. The summed E-state index contributed by atoms with van der Waals surface area (Å²) in [6, 6.07) is 0. The molecule has 0 saturated heterocycles. The third-order valence-corrected chi connectivity index (χ3v) is 1.29. The van der Waals surface area contributed by atoms with Crippen molar-refractivity contribution in [2.45, 2.75) is 32.6 Å². The van der Waals surface area contributed by atoms with E-state index in [2.05, 4.69) is 6.92 Å². The maximum absolute atomic E-state index is 5.41. The monoisotopic (exact) mass is 127 g/mol. The molecular weight excluding hydrogens is 112 g/mol. The Hall–Kier alpha value is -0.460. The quantitative estimate of drug-likeness (QED) is 0.407. The van der Waals surface area contributed by atoms with Gasteiger partial charge in [0.2, 0.25) is 0 Å². The van der Waals surface area contributed by atoms with Crippen LogP contribution >= 0.6 is 0 Å². The summed E-state index contributed by atoms with van der Waals surface area (Å²) in [6.45, 7) is 7.58. The highest BCUT2D eigenvalue weighted by atomic mass is 16.5. The molecule has 0 aromatic heterocycles. The summed E-state index contributed by atoms with van der Waals surface area (Å²) in [5.41, 5.74) is 0. The molecule has 1 heteroatoms. The second-order valence-corrected chi connectivity index (χ2v) is 2.13. The van der Waals surface area contributed by atoms with Gasteiger partial charge in [0.1, 0.15) is 0 Å². The van der Waals surface area contributed by atoms with Crippen molar-refractivity contribution in [3.63, 3.8) is 0 Å². The van der Waals surface area contributed by atoms with Crippen LogP contribution in [0.15, 0.2) is 5.76 Å². The minimum absolute atomic E-state index is 0.656. The molecule has 0 spiro atoms. The van der Waals surface area contributed by atoms with Crippen LogP contribution < -0.4 is 0 Å². The molecule has 0 rings (SSSR count). The zero-order valence-electron chi connectivity index (χ0n) is 6.31. The van der Waals surface area contributed by atoms with Crippen LogP contribution in [0.5, 0.6) is 0 Å². The van der Waals surface area contributed by atoms with Crippen molar-refractivity contribution < 1.29 is 4.74 Å². The third kappa shape index (κ3) is 5.41. The van der Waals surface area contributed by atoms with Gasteiger partial charge in [-0.25, -0.2) is 0 Å². The number of ether oxygens (including phenoxy) is 1. The van der Waals surface area contributed by atoms with Gasteiger partial charge in [0.05, 0.1) is 12.9 Å². The molecule has 1 nitrogen and oxygen atoms in total. The number of hydrogen-bond acceptors (Lipinski definition) is 1. The van der Waals surface area contributed by atoms with Crippen molar-refractivity contribution in [3.8, 4) is 0 Å². The summed E-state index contributed by atoms with van der Waals surface area (Å²) in [5, 5.41) is 0. The average Bonchev–Trinajstić information content (AvgIpc) is 1.89. The first kappa shape index (κ1) is 8.54. The van der Waals surface area contributed by atoms with Gasteiger partial charge in [-0.2, -0.15) is 0 Å². The summed E-state index contributed by atoms with van der Waals surface area (Å²) in [4.78, 5) is 0. The molecule has 0 bridgehead atoms. The van der Waals surface area contributed by atoms with E-state index < -0.39 is 0 Å². The van der Waals surface area contributed by atoms with E-state index >= 15 is 0 Å². The van der Waals surface area contributed by atoms with Crippen LogP contribution in [0, 0.1) is 6.58 Å². The maximum Gasteiger partial charge on any atom is 0.0956 e. The number of unbranched alkanes of at least 4 members (excludes halogenated alkanes) is 2. The normalized spacial score (nSPS) is 9.11. The summed E-state index contributed by atoms with van der Waals surface area (Å²) in [6.07, 6.45) is 4.53. The molecule has 0 aromatic carbocycles. The van der Waals surface area contributed by atoms with Gasteiger partial charge in [0, 0.05) is 6.42 Å². The van der Waals surface area contributed by atoms with Gasteiger partial charge in [-0.3, -0.25) is 0 Å². The van der Waals surface area contributed by atoms with Crippen molar-refractivity contribution in [2.24, 2.45) is 0 Å². The van der Waals surface area contributed by atoms with Gasteiger partial charge < -0.3 is 4.74 Å². The minimum atomic E-state index is 0.656. The van der Waals surface area contributed by atoms with Crippen molar-refractivity contribution in [2.75, 3.05) is 7.11 Å². The zero-order valence-corrected chi connectivity index (χ0v) is 6.31. The lowest BCUT2D eigenvalue weighted by molar-refractivity contribution is 0.274. The molecule has 9 heavy (non-hydrogen) atoms. The predicted octanol–water partition coefficient (Wildman–Crippen LogP) is 2.53. The van der Waals surface area contributed by atoms with E-state index in [1.54, 1.807) is 7.11 Å². The number of allylic oxidation sites excluding steroid dienone is 1. The molecule has 0 heterocycles. The second kappa shape index (κ2) is 5.67. The molecule has 0 atom stereocenters. The highest BCUT2D eigenvalue weighted by molar-refractivity contribution is 4.76. The maximum atomic E-state index is 5.41. The summed E-state index contributed by atoms with van der Waals surface area (Å²) >= 11 is 0. The van der Waals surface area contributed by atoms with Crippen LogP contribution in [-0.4, -0.2) is 7.11 Å². The van der Waals surface area contributed by atoms with E-state index in [1.165, 1.54) is 12.8 Å². The first-order valence-corrected chi connectivity index (χ1v) is 3.46. The Kier molecular flexibility index (Phi) is 5.38. The summed E-state index contributed by atoms with van der Waals surface area (Å²) in [5.74, 6) is 0.656. The van der Waals surface area contributed by atoms with Gasteiger partial charge in [0.25, 0.3) is 0 Å². The Morgan fingerprint density at radius 3 is 2.56 bits per heavy atom.